The third kappa shape index (κ3) is 2.43. The number of fused-ring (bicyclic) bond motifs is 2. The van der Waals surface area contributed by atoms with Crippen LogP contribution in [0.5, 0.6) is 0 Å². The average Bonchev–Trinajstić information content (AvgIpc) is 3.02. The van der Waals surface area contributed by atoms with Crippen molar-refractivity contribution in [2.75, 3.05) is 6.54 Å². The Balaban J connectivity index is 1.80. The summed E-state index contributed by atoms with van der Waals surface area (Å²) in [4.78, 5) is 7.91. The third-order valence-corrected chi connectivity index (χ3v) is 4.94. The van der Waals surface area contributed by atoms with Crippen molar-refractivity contribution in [3.8, 4) is 11.1 Å². The first kappa shape index (κ1) is 15.1. The fraction of sp³-hybridized carbons (Fsp3) is 0.250. The summed E-state index contributed by atoms with van der Waals surface area (Å²) in [7, 11) is 0. The molecule has 0 fully saturated rings. The molecule has 1 unspecified atom stereocenters. The van der Waals surface area contributed by atoms with Crippen LogP contribution in [0.15, 0.2) is 47.6 Å². The van der Waals surface area contributed by atoms with E-state index in [2.05, 4.69) is 30.1 Å². The van der Waals surface area contributed by atoms with Crippen molar-refractivity contribution < 1.29 is 4.39 Å². The molecular weight excluding hydrogens is 301 g/mol. The monoisotopic (exact) mass is 321 g/mol. The molecule has 0 bridgehead atoms. The molecule has 0 saturated carbocycles. The molecule has 0 radical (unpaired) electrons. The van der Waals surface area contributed by atoms with Crippen LogP contribution in [0.1, 0.15) is 18.9 Å². The molecule has 0 saturated heterocycles. The van der Waals surface area contributed by atoms with Gasteiger partial charge >= 0.3 is 0 Å². The van der Waals surface area contributed by atoms with E-state index in [1.54, 1.807) is 0 Å². The number of halogens is 1. The number of hydrogen-bond acceptors (Lipinski definition) is 2. The number of aromatic amines is 1. The van der Waals surface area contributed by atoms with Crippen LogP contribution in [0.3, 0.4) is 0 Å². The summed E-state index contributed by atoms with van der Waals surface area (Å²) in [6.45, 7) is 2.70. The van der Waals surface area contributed by atoms with Crippen LogP contribution in [-0.4, -0.2) is 17.2 Å². The first-order chi connectivity index (χ1) is 11.7. The molecule has 2 heterocycles. The normalized spacial score (nSPS) is 17.0. The van der Waals surface area contributed by atoms with E-state index < -0.39 is 0 Å². The van der Waals surface area contributed by atoms with Crippen LogP contribution in [0, 0.1) is 11.7 Å². The molecule has 0 aliphatic carbocycles. The summed E-state index contributed by atoms with van der Waals surface area (Å²) in [5, 5.41) is 1.03. The van der Waals surface area contributed by atoms with E-state index in [0.717, 1.165) is 46.3 Å². The summed E-state index contributed by atoms with van der Waals surface area (Å²) < 4.78 is 13.4. The number of aliphatic imine (C=N–C) groups is 1. The van der Waals surface area contributed by atoms with Crippen LogP contribution in [0.2, 0.25) is 0 Å². The van der Waals surface area contributed by atoms with E-state index in [4.69, 9.17) is 10.7 Å². The predicted octanol–water partition coefficient (Wildman–Crippen LogP) is 4.59. The SMILES string of the molecule is CCC1Cc2cc(-c3c[nH]c4cc(F)ccc34)ccc2N=C1CN. The lowest BCUT2D eigenvalue weighted by atomic mass is 9.87. The van der Waals surface area contributed by atoms with Crippen LogP contribution >= 0.6 is 0 Å². The second-order valence-electron chi connectivity index (χ2n) is 6.35. The van der Waals surface area contributed by atoms with Crippen molar-refractivity contribution in [3.63, 3.8) is 0 Å². The van der Waals surface area contributed by atoms with Crippen LogP contribution in [0.4, 0.5) is 10.1 Å². The summed E-state index contributed by atoms with van der Waals surface area (Å²) in [6.07, 6.45) is 3.97. The van der Waals surface area contributed by atoms with Gasteiger partial charge in [0.1, 0.15) is 5.82 Å². The maximum absolute atomic E-state index is 13.4. The molecule has 122 valence electrons. The summed E-state index contributed by atoms with van der Waals surface area (Å²) >= 11 is 0. The van der Waals surface area contributed by atoms with E-state index in [0.29, 0.717) is 12.5 Å². The van der Waals surface area contributed by atoms with Crippen molar-refractivity contribution in [2.24, 2.45) is 16.6 Å². The Labute approximate surface area is 140 Å². The van der Waals surface area contributed by atoms with Gasteiger partial charge in [-0.1, -0.05) is 13.0 Å². The molecule has 3 N–H and O–H groups in total. The fourth-order valence-corrected chi connectivity index (χ4v) is 3.58. The summed E-state index contributed by atoms with van der Waals surface area (Å²) in [5.41, 5.74) is 12.3. The number of aromatic nitrogens is 1. The molecule has 4 heteroatoms. The molecule has 0 spiro atoms. The minimum atomic E-state index is -0.226. The van der Waals surface area contributed by atoms with E-state index in [1.807, 2.05) is 12.3 Å². The van der Waals surface area contributed by atoms with Gasteiger partial charge in [0.15, 0.2) is 0 Å². The van der Waals surface area contributed by atoms with E-state index in [9.17, 15) is 4.39 Å². The van der Waals surface area contributed by atoms with Gasteiger partial charge in [-0.3, -0.25) is 4.99 Å². The molecule has 2 aromatic carbocycles. The van der Waals surface area contributed by atoms with Gasteiger partial charge in [0.25, 0.3) is 0 Å². The van der Waals surface area contributed by atoms with Gasteiger partial charge in [0, 0.05) is 40.8 Å². The minimum Gasteiger partial charge on any atom is -0.360 e. The van der Waals surface area contributed by atoms with E-state index in [1.165, 1.54) is 17.7 Å². The van der Waals surface area contributed by atoms with E-state index >= 15 is 0 Å². The zero-order valence-corrected chi connectivity index (χ0v) is 13.6. The van der Waals surface area contributed by atoms with Crippen molar-refractivity contribution in [1.29, 1.82) is 0 Å². The second-order valence-corrected chi connectivity index (χ2v) is 6.35. The number of nitrogens with two attached hydrogens (primary N) is 1. The maximum atomic E-state index is 13.4. The van der Waals surface area contributed by atoms with Gasteiger partial charge in [0.05, 0.1) is 5.69 Å². The standard InChI is InChI=1S/C20H20FN3/c1-2-12-7-14-8-13(3-6-18(14)24-20(12)10-22)17-11-23-19-9-15(21)4-5-16(17)19/h3-6,8-9,11-12,23H,2,7,10,22H2,1H3. The highest BCUT2D eigenvalue weighted by Crippen LogP contribution is 2.36. The Bertz CT molecular complexity index is 939. The Kier molecular flexibility index (Phi) is 3.69. The highest BCUT2D eigenvalue weighted by Gasteiger charge is 2.21. The van der Waals surface area contributed by atoms with Crippen LogP contribution in [-0.2, 0) is 6.42 Å². The van der Waals surface area contributed by atoms with Gasteiger partial charge in [0.2, 0.25) is 0 Å². The Hall–Kier alpha value is -2.46. The van der Waals surface area contributed by atoms with Gasteiger partial charge in [-0.15, -0.1) is 0 Å². The summed E-state index contributed by atoms with van der Waals surface area (Å²) in [6, 6.07) is 11.2. The molecule has 1 aliphatic heterocycles. The predicted molar refractivity (Wildman–Crippen MR) is 97.3 cm³/mol. The molecule has 24 heavy (non-hydrogen) atoms. The number of rotatable bonds is 3. The highest BCUT2D eigenvalue weighted by molar-refractivity contribution is 5.97. The largest absolute Gasteiger partial charge is 0.360 e. The lowest BCUT2D eigenvalue weighted by Gasteiger charge is -2.23. The number of H-pyrrole nitrogens is 1. The molecular formula is C20H20FN3. The fourth-order valence-electron chi connectivity index (χ4n) is 3.58. The molecule has 1 aromatic heterocycles. The first-order valence-corrected chi connectivity index (χ1v) is 8.37. The van der Waals surface area contributed by atoms with Crippen molar-refractivity contribution in [1.82, 2.24) is 4.98 Å². The van der Waals surface area contributed by atoms with Gasteiger partial charge in [-0.2, -0.15) is 0 Å². The topological polar surface area (TPSA) is 54.2 Å². The zero-order chi connectivity index (χ0) is 16.7. The van der Waals surface area contributed by atoms with Crippen molar-refractivity contribution >= 4 is 22.3 Å². The van der Waals surface area contributed by atoms with Crippen LogP contribution in [0.25, 0.3) is 22.0 Å². The van der Waals surface area contributed by atoms with Gasteiger partial charge in [-0.05, 0) is 54.3 Å². The number of benzene rings is 2. The molecule has 4 rings (SSSR count). The number of hydrogen-bond donors (Lipinski definition) is 2. The lowest BCUT2D eigenvalue weighted by Crippen LogP contribution is -2.27. The highest BCUT2D eigenvalue weighted by atomic mass is 19.1. The molecule has 3 aromatic rings. The molecule has 1 atom stereocenters. The quantitative estimate of drug-likeness (QED) is 0.728. The molecule has 3 nitrogen and oxygen atoms in total. The zero-order valence-electron chi connectivity index (χ0n) is 13.6. The molecule has 1 aliphatic rings. The number of nitrogens with one attached hydrogen (secondary N) is 1. The third-order valence-electron chi connectivity index (χ3n) is 4.94. The van der Waals surface area contributed by atoms with E-state index in [-0.39, 0.29) is 5.82 Å². The molecule has 0 amide bonds. The van der Waals surface area contributed by atoms with Crippen LogP contribution < -0.4 is 5.73 Å². The average molecular weight is 321 g/mol. The smallest absolute Gasteiger partial charge is 0.125 e. The Morgan fingerprint density at radius 2 is 2.12 bits per heavy atom. The van der Waals surface area contributed by atoms with Gasteiger partial charge in [-0.25, -0.2) is 4.39 Å². The maximum Gasteiger partial charge on any atom is 0.125 e. The Morgan fingerprint density at radius 3 is 2.92 bits per heavy atom. The lowest BCUT2D eigenvalue weighted by molar-refractivity contribution is 0.629. The van der Waals surface area contributed by atoms with Crippen molar-refractivity contribution in [2.45, 2.75) is 19.8 Å². The second kappa shape index (κ2) is 5.87. The van der Waals surface area contributed by atoms with Gasteiger partial charge < -0.3 is 10.7 Å². The summed E-state index contributed by atoms with van der Waals surface area (Å²) in [5.74, 6) is 0.200. The Morgan fingerprint density at radius 1 is 1.25 bits per heavy atom. The number of nitrogens with zero attached hydrogens (tertiary/aromatic N) is 1. The first-order valence-electron chi connectivity index (χ1n) is 8.37. The minimum absolute atomic E-state index is 0.226. The van der Waals surface area contributed by atoms with Crippen molar-refractivity contribution in [3.05, 3.63) is 54.0 Å².